The molecule has 414 valence electrons. The van der Waals surface area contributed by atoms with Gasteiger partial charge in [0.05, 0.1) is 58.9 Å². The van der Waals surface area contributed by atoms with Crippen LogP contribution in [0.3, 0.4) is 0 Å². The summed E-state index contributed by atoms with van der Waals surface area (Å²) in [5.74, 6) is -11.7. The lowest BCUT2D eigenvalue weighted by Gasteiger charge is -2.26. The van der Waals surface area contributed by atoms with Gasteiger partial charge in [0.25, 0.3) is 17.9 Å². The third-order valence-electron chi connectivity index (χ3n) is 12.5. The number of pyridine rings is 2. The summed E-state index contributed by atoms with van der Waals surface area (Å²) in [6.45, 7) is -2.95. The second-order valence-electron chi connectivity index (χ2n) is 18.0. The average molecular weight is 1160 g/mol. The van der Waals surface area contributed by atoms with Gasteiger partial charge in [0.2, 0.25) is 21.8 Å². The van der Waals surface area contributed by atoms with E-state index in [0.717, 1.165) is 46.6 Å². The van der Waals surface area contributed by atoms with Crippen molar-refractivity contribution >= 4 is 75.0 Å². The number of halogens is 10. The lowest BCUT2D eigenvalue weighted by Crippen LogP contribution is -2.45. The maximum Gasteiger partial charge on any atom is 0.469 e. The van der Waals surface area contributed by atoms with Crippen LogP contribution in [0.4, 0.5) is 55.9 Å². The van der Waals surface area contributed by atoms with Crippen molar-refractivity contribution in [2.75, 3.05) is 29.1 Å². The molecule has 2 aromatic carbocycles. The fraction of sp³-hybridized carbons (Fsp3) is 0.333. The Kier molecular flexibility index (Phi) is 14.4. The van der Waals surface area contributed by atoms with Crippen molar-refractivity contribution in [3.8, 4) is 11.6 Å². The smallest absolute Gasteiger partial charge is 0.469 e. The van der Waals surface area contributed by atoms with Crippen molar-refractivity contribution in [1.29, 1.82) is 0 Å². The largest absolute Gasteiger partial charge is 0.477 e. The van der Waals surface area contributed by atoms with Crippen LogP contribution in [0, 0.1) is 17.6 Å². The second-order valence-corrected chi connectivity index (χ2v) is 21.5. The lowest BCUT2D eigenvalue weighted by molar-refractivity contribution is -0.139. The number of sulfonamides is 1. The topological polar surface area (TPSA) is 259 Å². The summed E-state index contributed by atoms with van der Waals surface area (Å²) in [5, 5.41) is 9.35. The third-order valence-corrected chi connectivity index (χ3v) is 14.3. The van der Waals surface area contributed by atoms with Gasteiger partial charge in [0, 0.05) is 55.9 Å². The number of hydrogen-bond acceptors (Lipinski definition) is 13. The van der Waals surface area contributed by atoms with Gasteiger partial charge in [-0.2, -0.15) is 41.4 Å². The molecule has 0 unspecified atom stereocenters. The highest BCUT2D eigenvalue weighted by Crippen LogP contribution is 2.68. The fourth-order valence-electron chi connectivity index (χ4n) is 9.28. The minimum absolute atomic E-state index is 0.107. The van der Waals surface area contributed by atoms with Gasteiger partial charge in [0.1, 0.15) is 41.2 Å². The van der Waals surface area contributed by atoms with E-state index in [-0.39, 0.29) is 49.3 Å². The van der Waals surface area contributed by atoms with Gasteiger partial charge in [-0.05, 0) is 54.3 Å². The first-order chi connectivity index (χ1) is 36.4. The molecule has 9 rings (SSSR count). The predicted molar refractivity (Wildman–Crippen MR) is 256 cm³/mol. The molecule has 0 spiro atoms. The Morgan fingerprint density at radius 2 is 1.74 bits per heavy atom. The Hall–Kier alpha value is -7.18. The number of urea groups is 1. The average Bonchev–Trinajstić information content (AvgIpc) is 3.94. The first-order valence-corrected chi connectivity index (χ1v) is 26.4. The van der Waals surface area contributed by atoms with Crippen LogP contribution in [0.5, 0.6) is 5.88 Å². The standard InChI is InChI=1S/C45H38ClF9N11O10PS/c1-62(39-21(5-4-11-56-39)19-76-77(70,71)72)43(69)66(78(3,73)74)41-33-27(46)7-8-29(35(33)63(2)61-41)65-40(59-38-24(42(65)68)6-9-31(58-38)75-12-10-44(51,52)53)28(15-20-13-22(47)16-23(48)14-20)57-30(67)18-64-36-32(34(60-64)37(49)50)25-17-26(25)45(36,54)55/h4-9,11,13-14,16,25-26,28,37H,10,12,15,17-19H2,1-3H3,(H,57,67)(H2,70,71,72)/t25-,26+,28-/m0/s1. The van der Waals surface area contributed by atoms with Crippen molar-refractivity contribution in [1.82, 2.24) is 44.4 Å². The van der Waals surface area contributed by atoms with Crippen LogP contribution in [0.25, 0.3) is 27.6 Å². The van der Waals surface area contributed by atoms with Crippen molar-refractivity contribution in [3.05, 3.63) is 122 Å². The molecule has 3 atom stereocenters. The van der Waals surface area contributed by atoms with Gasteiger partial charge >= 0.3 is 20.0 Å². The number of aromatic nitrogens is 8. The number of aryl methyl sites for hydroxylation is 1. The molecule has 5 aromatic heterocycles. The molecule has 0 saturated heterocycles. The Labute approximate surface area is 437 Å². The van der Waals surface area contributed by atoms with Crippen molar-refractivity contribution in [2.24, 2.45) is 13.0 Å². The van der Waals surface area contributed by atoms with Gasteiger partial charge in [-0.25, -0.2) is 45.3 Å². The number of nitrogens with zero attached hydrogens (tertiary/aromatic N) is 10. The Morgan fingerprint density at radius 3 is 2.40 bits per heavy atom. The summed E-state index contributed by atoms with van der Waals surface area (Å²) in [4.78, 5) is 76.0. The van der Waals surface area contributed by atoms with Gasteiger partial charge in [-0.1, -0.05) is 17.7 Å². The summed E-state index contributed by atoms with van der Waals surface area (Å²) < 4.78 is 180. The maximum atomic E-state index is 15.7. The van der Waals surface area contributed by atoms with Crippen LogP contribution >= 0.6 is 19.4 Å². The SMILES string of the molecule is CN(C(=O)N(c1nn(C)c2c(-n3c([C@H](Cc4cc(F)cc(F)c4)NC(=O)Cn4nc(C(F)F)c5c4C(F)(F)[C@@H]4C[C@H]54)nc4nc(OCCC(F)(F)F)ccc4c3=O)ccc(Cl)c12)S(C)(=O)=O)c1ncccc1COP(=O)(O)O. The number of fused-ring (bicyclic) bond motifs is 5. The second kappa shape index (κ2) is 20.2. The maximum absolute atomic E-state index is 15.7. The number of alkyl halides is 7. The number of hydrogen-bond donors (Lipinski definition) is 3. The van der Waals surface area contributed by atoms with E-state index < -0.39 is 161 Å². The first-order valence-electron chi connectivity index (χ1n) is 22.7. The molecule has 3 N–H and O–H groups in total. The van der Waals surface area contributed by atoms with Crippen LogP contribution in [0.2, 0.25) is 5.02 Å². The monoisotopic (exact) mass is 1160 g/mol. The molecule has 3 amide bonds. The third kappa shape index (κ3) is 10.8. The molecule has 0 radical (unpaired) electrons. The van der Waals surface area contributed by atoms with E-state index in [0.29, 0.717) is 21.9 Å². The number of carbonyl (C=O) groups is 2. The van der Waals surface area contributed by atoms with E-state index in [1.165, 1.54) is 31.4 Å². The van der Waals surface area contributed by atoms with Gasteiger partial charge in [-0.3, -0.25) is 32.9 Å². The molecule has 78 heavy (non-hydrogen) atoms. The highest BCUT2D eigenvalue weighted by Gasteiger charge is 2.67. The van der Waals surface area contributed by atoms with E-state index >= 15 is 13.6 Å². The van der Waals surface area contributed by atoms with Crippen LogP contribution in [-0.4, -0.2) is 95.3 Å². The molecule has 2 aliphatic carbocycles. The van der Waals surface area contributed by atoms with E-state index in [2.05, 4.69) is 35.0 Å². The molecule has 1 fully saturated rings. The Bertz CT molecular complexity index is 3800. The van der Waals surface area contributed by atoms with Crippen LogP contribution in [-0.2, 0) is 56.4 Å². The van der Waals surface area contributed by atoms with E-state index in [9.17, 15) is 63.1 Å². The Morgan fingerprint density at radius 1 is 1.04 bits per heavy atom. The van der Waals surface area contributed by atoms with Crippen LogP contribution < -0.4 is 24.8 Å². The number of anilines is 2. The quantitative estimate of drug-likeness (QED) is 0.0593. The van der Waals surface area contributed by atoms with E-state index in [1.54, 1.807) is 0 Å². The van der Waals surface area contributed by atoms with E-state index in [1.807, 2.05) is 0 Å². The van der Waals surface area contributed by atoms with Crippen molar-refractivity contribution in [2.45, 2.75) is 62.9 Å². The molecule has 7 aromatic rings. The highest BCUT2D eigenvalue weighted by molar-refractivity contribution is 7.92. The van der Waals surface area contributed by atoms with Gasteiger partial charge in [0.15, 0.2) is 11.5 Å². The number of carbonyl (C=O) groups excluding carboxylic acids is 2. The summed E-state index contributed by atoms with van der Waals surface area (Å²) in [6.07, 6.45) is -8.50. The molecule has 33 heteroatoms. The minimum atomic E-state index is -5.09. The predicted octanol–water partition coefficient (Wildman–Crippen LogP) is 7.40. The fourth-order valence-corrected chi connectivity index (χ4v) is 10.7. The summed E-state index contributed by atoms with van der Waals surface area (Å²) in [6, 6.07) is 5.82. The Balaban J connectivity index is 1.23. The summed E-state index contributed by atoms with van der Waals surface area (Å²) >= 11 is 6.80. The zero-order valence-electron chi connectivity index (χ0n) is 40.1. The molecular formula is C45H38ClF9N11O10PS. The van der Waals surface area contributed by atoms with Crippen LogP contribution in [0.1, 0.15) is 65.1 Å². The van der Waals surface area contributed by atoms with Gasteiger partial charge < -0.3 is 19.8 Å². The molecule has 1 saturated carbocycles. The normalized spacial score (nSPS) is 16.4. The van der Waals surface area contributed by atoms with Crippen molar-refractivity contribution < 1.29 is 81.1 Å². The summed E-state index contributed by atoms with van der Waals surface area (Å²) in [5.41, 5.74) is -5.00. The van der Waals surface area contributed by atoms with Crippen LogP contribution in [0.15, 0.2) is 65.6 Å². The number of phosphoric acid groups is 1. The minimum Gasteiger partial charge on any atom is -0.477 e. The molecule has 21 nitrogen and oxygen atoms in total. The number of amides is 3. The van der Waals surface area contributed by atoms with E-state index in [4.69, 9.17) is 16.3 Å². The molecular weight excluding hydrogens is 1120 g/mol. The number of benzene rings is 2. The van der Waals surface area contributed by atoms with Gasteiger partial charge in [-0.15, -0.1) is 0 Å². The molecule has 0 aliphatic heterocycles. The lowest BCUT2D eigenvalue weighted by atomic mass is 10.0. The number of nitrogens with one attached hydrogen (secondary N) is 1. The molecule has 5 heterocycles. The number of phosphoric ester groups is 1. The molecule has 0 bridgehead atoms. The first kappa shape index (κ1) is 55.6. The zero-order chi connectivity index (χ0) is 56.7. The van der Waals surface area contributed by atoms with Crippen molar-refractivity contribution in [3.63, 3.8) is 0 Å². The number of ether oxygens (including phenoxy) is 1. The number of rotatable bonds is 17. The molecule has 2 aliphatic rings. The zero-order valence-corrected chi connectivity index (χ0v) is 42.6. The highest BCUT2D eigenvalue weighted by atomic mass is 35.5. The summed E-state index contributed by atoms with van der Waals surface area (Å²) in [7, 11) is -7.63.